The second-order valence-corrected chi connectivity index (χ2v) is 3.97. The summed E-state index contributed by atoms with van der Waals surface area (Å²) >= 11 is 0. The molecule has 0 amide bonds. The number of rotatable bonds is 6. The summed E-state index contributed by atoms with van der Waals surface area (Å²) in [4.78, 5) is 4.49. The predicted octanol–water partition coefficient (Wildman–Crippen LogP) is 1.60. The highest BCUT2D eigenvalue weighted by atomic mass is 16.5. The molecule has 5 nitrogen and oxygen atoms in total. The Labute approximate surface area is 107 Å². The van der Waals surface area contributed by atoms with Crippen LogP contribution in [0.15, 0.2) is 30.6 Å². The van der Waals surface area contributed by atoms with Crippen molar-refractivity contribution < 1.29 is 4.74 Å². The van der Waals surface area contributed by atoms with Crippen molar-refractivity contribution in [2.45, 2.75) is 26.6 Å². The Balaban J connectivity index is 1.94. The fourth-order valence-corrected chi connectivity index (χ4v) is 1.64. The average molecular weight is 246 g/mol. The smallest absolute Gasteiger partial charge is 0.157 e. The molecule has 2 heterocycles. The SMILES string of the molecule is CCn1cc(OCc2cccc(CNC)n2)cn1. The molecule has 0 aliphatic rings. The van der Waals surface area contributed by atoms with E-state index in [0.717, 1.165) is 30.2 Å². The summed E-state index contributed by atoms with van der Waals surface area (Å²) in [5, 5.41) is 7.23. The first-order valence-electron chi connectivity index (χ1n) is 6.06. The minimum absolute atomic E-state index is 0.465. The number of hydrogen-bond donors (Lipinski definition) is 1. The van der Waals surface area contributed by atoms with Crippen molar-refractivity contribution in [1.29, 1.82) is 0 Å². The summed E-state index contributed by atoms with van der Waals surface area (Å²) in [6, 6.07) is 5.95. The van der Waals surface area contributed by atoms with Crippen LogP contribution in [-0.4, -0.2) is 21.8 Å². The number of pyridine rings is 1. The van der Waals surface area contributed by atoms with Crippen molar-refractivity contribution in [3.05, 3.63) is 42.0 Å². The van der Waals surface area contributed by atoms with Crippen molar-refractivity contribution in [2.24, 2.45) is 0 Å². The number of nitrogens with one attached hydrogen (secondary N) is 1. The van der Waals surface area contributed by atoms with Crippen LogP contribution >= 0.6 is 0 Å². The number of nitrogens with zero attached hydrogens (tertiary/aromatic N) is 3. The quantitative estimate of drug-likeness (QED) is 0.841. The Morgan fingerprint density at radius 3 is 2.89 bits per heavy atom. The zero-order valence-electron chi connectivity index (χ0n) is 10.8. The van der Waals surface area contributed by atoms with E-state index in [1.807, 2.05) is 43.0 Å². The molecule has 1 N–H and O–H groups in total. The summed E-state index contributed by atoms with van der Waals surface area (Å²) in [7, 11) is 1.91. The Morgan fingerprint density at radius 2 is 2.17 bits per heavy atom. The first kappa shape index (κ1) is 12.6. The van der Waals surface area contributed by atoms with Gasteiger partial charge in [-0.15, -0.1) is 0 Å². The largest absolute Gasteiger partial charge is 0.484 e. The maximum Gasteiger partial charge on any atom is 0.157 e. The fraction of sp³-hybridized carbons (Fsp3) is 0.385. The lowest BCUT2D eigenvalue weighted by atomic mass is 10.3. The first-order chi connectivity index (χ1) is 8.81. The van der Waals surface area contributed by atoms with Crippen molar-refractivity contribution in [1.82, 2.24) is 20.1 Å². The van der Waals surface area contributed by atoms with E-state index in [1.165, 1.54) is 0 Å². The van der Waals surface area contributed by atoms with E-state index in [4.69, 9.17) is 4.74 Å². The molecule has 0 fully saturated rings. The van der Waals surface area contributed by atoms with E-state index in [0.29, 0.717) is 6.61 Å². The van der Waals surface area contributed by atoms with Gasteiger partial charge in [-0.05, 0) is 26.1 Å². The molecule has 0 radical (unpaired) electrons. The van der Waals surface area contributed by atoms with Gasteiger partial charge in [0.1, 0.15) is 6.61 Å². The Bertz CT molecular complexity index is 495. The van der Waals surface area contributed by atoms with Gasteiger partial charge in [0.25, 0.3) is 0 Å². The molecular formula is C13H18N4O. The lowest BCUT2D eigenvalue weighted by Gasteiger charge is -2.05. The predicted molar refractivity (Wildman–Crippen MR) is 69.2 cm³/mol. The number of hydrogen-bond acceptors (Lipinski definition) is 4. The van der Waals surface area contributed by atoms with Gasteiger partial charge in [0.15, 0.2) is 5.75 Å². The molecule has 2 aromatic heterocycles. The molecule has 96 valence electrons. The zero-order valence-corrected chi connectivity index (χ0v) is 10.8. The van der Waals surface area contributed by atoms with Gasteiger partial charge in [0.2, 0.25) is 0 Å². The molecule has 0 atom stereocenters. The highest BCUT2D eigenvalue weighted by Crippen LogP contribution is 2.10. The zero-order chi connectivity index (χ0) is 12.8. The van der Waals surface area contributed by atoms with Crippen LogP contribution < -0.4 is 10.1 Å². The van der Waals surface area contributed by atoms with Crippen LogP contribution in [-0.2, 0) is 19.7 Å². The molecule has 18 heavy (non-hydrogen) atoms. The molecule has 0 saturated heterocycles. The van der Waals surface area contributed by atoms with Crippen LogP contribution in [0.1, 0.15) is 18.3 Å². The summed E-state index contributed by atoms with van der Waals surface area (Å²) in [6.45, 7) is 4.12. The lowest BCUT2D eigenvalue weighted by molar-refractivity contribution is 0.300. The lowest BCUT2D eigenvalue weighted by Crippen LogP contribution is -2.08. The van der Waals surface area contributed by atoms with Gasteiger partial charge in [-0.3, -0.25) is 9.67 Å². The second-order valence-electron chi connectivity index (χ2n) is 3.97. The Kier molecular flexibility index (Phi) is 4.30. The van der Waals surface area contributed by atoms with Gasteiger partial charge in [0.05, 0.1) is 23.8 Å². The van der Waals surface area contributed by atoms with Gasteiger partial charge in [-0.2, -0.15) is 5.10 Å². The molecule has 0 unspecified atom stereocenters. The molecule has 0 aliphatic heterocycles. The van der Waals surface area contributed by atoms with Gasteiger partial charge in [-0.1, -0.05) is 6.07 Å². The van der Waals surface area contributed by atoms with Gasteiger partial charge in [0, 0.05) is 13.1 Å². The molecule has 2 aromatic rings. The monoisotopic (exact) mass is 246 g/mol. The Morgan fingerprint density at radius 1 is 1.33 bits per heavy atom. The average Bonchev–Trinajstić information content (AvgIpc) is 2.85. The van der Waals surface area contributed by atoms with Crippen LogP contribution in [0, 0.1) is 0 Å². The van der Waals surface area contributed by atoms with E-state index in [2.05, 4.69) is 15.4 Å². The standard InChI is InChI=1S/C13H18N4O/c1-3-17-9-13(8-15-17)18-10-12-6-4-5-11(16-12)7-14-2/h4-6,8-9,14H,3,7,10H2,1-2H3. The van der Waals surface area contributed by atoms with Crippen LogP contribution in [0.2, 0.25) is 0 Å². The fourth-order valence-electron chi connectivity index (χ4n) is 1.64. The second kappa shape index (κ2) is 6.16. The van der Waals surface area contributed by atoms with Gasteiger partial charge >= 0.3 is 0 Å². The van der Waals surface area contributed by atoms with E-state index < -0.39 is 0 Å². The molecule has 5 heteroatoms. The molecular weight excluding hydrogens is 228 g/mol. The summed E-state index contributed by atoms with van der Waals surface area (Å²) in [6.07, 6.45) is 3.61. The number of aromatic nitrogens is 3. The molecule has 0 bridgehead atoms. The molecule has 0 aromatic carbocycles. The molecule has 0 spiro atoms. The van der Waals surface area contributed by atoms with Crippen molar-refractivity contribution in [2.75, 3.05) is 7.05 Å². The highest BCUT2D eigenvalue weighted by Gasteiger charge is 2.01. The van der Waals surface area contributed by atoms with Crippen LogP contribution in [0.4, 0.5) is 0 Å². The van der Waals surface area contributed by atoms with E-state index in [-0.39, 0.29) is 0 Å². The topological polar surface area (TPSA) is 52.0 Å². The number of aryl methyl sites for hydroxylation is 1. The van der Waals surface area contributed by atoms with Gasteiger partial charge < -0.3 is 10.1 Å². The molecule has 2 rings (SSSR count). The molecule has 0 aliphatic carbocycles. The third kappa shape index (κ3) is 3.30. The highest BCUT2D eigenvalue weighted by molar-refractivity contribution is 5.14. The maximum absolute atomic E-state index is 5.64. The van der Waals surface area contributed by atoms with E-state index in [9.17, 15) is 0 Å². The molecule has 0 saturated carbocycles. The van der Waals surface area contributed by atoms with Crippen molar-refractivity contribution in [3.63, 3.8) is 0 Å². The van der Waals surface area contributed by atoms with E-state index in [1.54, 1.807) is 6.20 Å². The summed E-state index contributed by atoms with van der Waals surface area (Å²) in [5.74, 6) is 0.776. The van der Waals surface area contributed by atoms with Crippen LogP contribution in [0.3, 0.4) is 0 Å². The normalized spacial score (nSPS) is 10.6. The minimum Gasteiger partial charge on any atom is -0.484 e. The number of ether oxygens (including phenoxy) is 1. The van der Waals surface area contributed by atoms with Crippen LogP contribution in [0.5, 0.6) is 5.75 Å². The summed E-state index contributed by atoms with van der Waals surface area (Å²) in [5.41, 5.74) is 1.94. The van der Waals surface area contributed by atoms with Crippen molar-refractivity contribution >= 4 is 0 Å². The third-order valence-corrected chi connectivity index (χ3v) is 2.54. The van der Waals surface area contributed by atoms with Gasteiger partial charge in [-0.25, -0.2) is 0 Å². The Hall–Kier alpha value is -1.88. The minimum atomic E-state index is 0.465. The van der Waals surface area contributed by atoms with Crippen molar-refractivity contribution in [3.8, 4) is 5.75 Å². The first-order valence-corrected chi connectivity index (χ1v) is 6.06. The van der Waals surface area contributed by atoms with E-state index >= 15 is 0 Å². The summed E-state index contributed by atoms with van der Waals surface area (Å²) < 4.78 is 7.47. The third-order valence-electron chi connectivity index (χ3n) is 2.54. The van der Waals surface area contributed by atoms with Crippen LogP contribution in [0.25, 0.3) is 0 Å². The maximum atomic E-state index is 5.64.